The number of piperidine rings is 1. The topological polar surface area (TPSA) is 50.2 Å². The average molecular weight is 433 g/mol. The number of carbonyl (C=O) groups is 1. The lowest BCUT2D eigenvalue weighted by Gasteiger charge is -2.32. The lowest BCUT2D eigenvalue weighted by molar-refractivity contribution is 0.0909. The highest BCUT2D eigenvalue weighted by Crippen LogP contribution is 2.20. The van der Waals surface area contributed by atoms with E-state index >= 15 is 0 Å². The molecule has 0 spiro atoms. The highest BCUT2D eigenvalue weighted by Gasteiger charge is 2.24. The van der Waals surface area contributed by atoms with Crippen LogP contribution in [0.3, 0.4) is 0 Å². The number of nitrogens with one attached hydrogen (secondary N) is 1. The molecule has 146 valence electrons. The van der Waals surface area contributed by atoms with Crippen LogP contribution >= 0.6 is 15.9 Å². The molecule has 1 aromatic heterocycles. The van der Waals surface area contributed by atoms with E-state index in [0.29, 0.717) is 5.56 Å². The zero-order valence-corrected chi connectivity index (χ0v) is 18.1. The first-order valence-corrected chi connectivity index (χ1v) is 10.6. The summed E-state index contributed by atoms with van der Waals surface area (Å²) < 4.78 is 2.88. The summed E-state index contributed by atoms with van der Waals surface area (Å²) in [6.45, 7) is 9.42. The predicted molar refractivity (Wildman–Crippen MR) is 113 cm³/mol. The fourth-order valence-electron chi connectivity index (χ4n) is 3.75. The molecule has 2 aromatic rings. The van der Waals surface area contributed by atoms with Crippen LogP contribution in [-0.4, -0.2) is 46.3 Å². The molecule has 2 heterocycles. The number of hydrogen-bond donors (Lipinski definition) is 1. The highest BCUT2D eigenvalue weighted by atomic mass is 79.9. The smallest absolute Gasteiger partial charge is 0.255 e. The van der Waals surface area contributed by atoms with Crippen LogP contribution in [0.15, 0.2) is 28.7 Å². The van der Waals surface area contributed by atoms with Gasteiger partial charge in [-0.25, -0.2) is 4.68 Å². The molecule has 1 aliphatic rings. The van der Waals surface area contributed by atoms with Crippen molar-refractivity contribution in [1.82, 2.24) is 20.0 Å². The lowest BCUT2D eigenvalue weighted by atomic mass is 10.0. The van der Waals surface area contributed by atoms with Gasteiger partial charge in [-0.1, -0.05) is 29.3 Å². The van der Waals surface area contributed by atoms with Crippen molar-refractivity contribution < 1.29 is 4.79 Å². The average Bonchev–Trinajstić information content (AvgIpc) is 2.96. The third-order valence-electron chi connectivity index (χ3n) is 5.34. The van der Waals surface area contributed by atoms with Crippen molar-refractivity contribution in [2.75, 3.05) is 19.6 Å². The molecule has 6 heteroatoms. The van der Waals surface area contributed by atoms with Gasteiger partial charge in [-0.15, -0.1) is 0 Å². The maximum Gasteiger partial charge on any atom is 0.255 e. The Balaban J connectivity index is 1.66. The minimum Gasteiger partial charge on any atom is -0.349 e. The van der Waals surface area contributed by atoms with Crippen LogP contribution in [0.4, 0.5) is 0 Å². The van der Waals surface area contributed by atoms with E-state index in [0.717, 1.165) is 47.5 Å². The largest absolute Gasteiger partial charge is 0.349 e. The Bertz CT molecular complexity index is 776. The second-order valence-electron chi connectivity index (χ2n) is 7.38. The molecule has 1 aromatic carbocycles. The van der Waals surface area contributed by atoms with E-state index in [4.69, 9.17) is 0 Å². The number of aryl methyl sites for hydroxylation is 1. The molecule has 1 N–H and O–H groups in total. The number of hydrogen-bond acceptors (Lipinski definition) is 3. The SMILES string of the molecule is CCCCN1CCC(NC(=O)c2c(C)nn(-c3ccc(Br)cc3)c2C)CC1. The van der Waals surface area contributed by atoms with Gasteiger partial charge in [0.1, 0.15) is 0 Å². The molecule has 3 rings (SSSR count). The van der Waals surface area contributed by atoms with Crippen molar-refractivity contribution in [1.29, 1.82) is 0 Å². The van der Waals surface area contributed by atoms with Crippen LogP contribution in [0.1, 0.15) is 54.4 Å². The number of halogens is 1. The molecule has 0 bridgehead atoms. The van der Waals surface area contributed by atoms with Crippen LogP contribution in [-0.2, 0) is 0 Å². The molecule has 0 aliphatic carbocycles. The Morgan fingerprint density at radius 1 is 1.22 bits per heavy atom. The maximum absolute atomic E-state index is 12.9. The Morgan fingerprint density at radius 2 is 1.89 bits per heavy atom. The van der Waals surface area contributed by atoms with Crippen LogP contribution in [0.2, 0.25) is 0 Å². The van der Waals surface area contributed by atoms with Gasteiger partial charge in [-0.2, -0.15) is 5.10 Å². The van der Waals surface area contributed by atoms with Crippen LogP contribution in [0, 0.1) is 13.8 Å². The second-order valence-corrected chi connectivity index (χ2v) is 8.29. The first-order chi connectivity index (χ1) is 13.0. The third kappa shape index (κ3) is 4.79. The number of unbranched alkanes of at least 4 members (excludes halogenated alkanes) is 1. The molecule has 5 nitrogen and oxygen atoms in total. The summed E-state index contributed by atoms with van der Waals surface area (Å²) >= 11 is 3.46. The predicted octanol–water partition coefficient (Wildman–Crippen LogP) is 4.25. The van der Waals surface area contributed by atoms with Crippen molar-refractivity contribution in [3.05, 3.63) is 45.7 Å². The van der Waals surface area contributed by atoms with Crippen molar-refractivity contribution in [3.8, 4) is 5.69 Å². The van der Waals surface area contributed by atoms with E-state index in [1.807, 2.05) is 42.8 Å². The molecule has 0 radical (unpaired) electrons. The summed E-state index contributed by atoms with van der Waals surface area (Å²) in [5.41, 5.74) is 3.31. The normalized spacial score (nSPS) is 15.9. The van der Waals surface area contributed by atoms with E-state index in [1.165, 1.54) is 19.4 Å². The molecule has 1 aliphatic heterocycles. The Labute approximate surface area is 170 Å². The summed E-state index contributed by atoms with van der Waals surface area (Å²) in [5, 5.41) is 7.84. The van der Waals surface area contributed by atoms with Crippen molar-refractivity contribution >= 4 is 21.8 Å². The van der Waals surface area contributed by atoms with E-state index < -0.39 is 0 Å². The zero-order valence-electron chi connectivity index (χ0n) is 16.5. The number of amides is 1. The monoisotopic (exact) mass is 432 g/mol. The minimum absolute atomic E-state index is 0.000342. The molecule has 0 atom stereocenters. The summed E-state index contributed by atoms with van der Waals surface area (Å²) in [7, 11) is 0. The fraction of sp³-hybridized carbons (Fsp3) is 0.524. The molecule has 1 fully saturated rings. The van der Waals surface area contributed by atoms with Gasteiger partial charge in [0, 0.05) is 23.6 Å². The van der Waals surface area contributed by atoms with Gasteiger partial charge in [-0.3, -0.25) is 4.79 Å². The zero-order chi connectivity index (χ0) is 19.4. The van der Waals surface area contributed by atoms with Gasteiger partial charge in [-0.05, 0) is 63.9 Å². The van der Waals surface area contributed by atoms with Crippen molar-refractivity contribution in [2.45, 2.75) is 52.5 Å². The van der Waals surface area contributed by atoms with Gasteiger partial charge in [0.05, 0.1) is 22.6 Å². The van der Waals surface area contributed by atoms with E-state index in [9.17, 15) is 4.79 Å². The number of likely N-dealkylation sites (tertiary alicyclic amines) is 1. The van der Waals surface area contributed by atoms with Crippen LogP contribution in [0.5, 0.6) is 0 Å². The molecule has 1 amide bonds. The summed E-state index contributed by atoms with van der Waals surface area (Å²) in [5.74, 6) is 0.000342. The van der Waals surface area contributed by atoms with Crippen LogP contribution in [0.25, 0.3) is 5.69 Å². The number of rotatable bonds is 6. The van der Waals surface area contributed by atoms with Gasteiger partial charge < -0.3 is 10.2 Å². The molecular weight excluding hydrogens is 404 g/mol. The van der Waals surface area contributed by atoms with Gasteiger partial charge in [0.25, 0.3) is 5.91 Å². The summed E-state index contributed by atoms with van der Waals surface area (Å²) in [6.07, 6.45) is 4.53. The van der Waals surface area contributed by atoms with E-state index in [-0.39, 0.29) is 11.9 Å². The van der Waals surface area contributed by atoms with E-state index in [2.05, 4.69) is 38.2 Å². The quantitative estimate of drug-likeness (QED) is 0.741. The van der Waals surface area contributed by atoms with Gasteiger partial charge in [0.2, 0.25) is 0 Å². The van der Waals surface area contributed by atoms with Crippen molar-refractivity contribution in [3.63, 3.8) is 0 Å². The second kappa shape index (κ2) is 9.02. The molecule has 1 saturated heterocycles. The van der Waals surface area contributed by atoms with E-state index in [1.54, 1.807) is 0 Å². The summed E-state index contributed by atoms with van der Waals surface area (Å²) in [4.78, 5) is 15.4. The Morgan fingerprint density at radius 3 is 2.52 bits per heavy atom. The molecule has 0 saturated carbocycles. The number of nitrogens with zero attached hydrogens (tertiary/aromatic N) is 3. The van der Waals surface area contributed by atoms with Gasteiger partial charge in [0.15, 0.2) is 0 Å². The van der Waals surface area contributed by atoms with Crippen LogP contribution < -0.4 is 5.32 Å². The summed E-state index contributed by atoms with van der Waals surface area (Å²) in [6, 6.07) is 8.22. The lowest BCUT2D eigenvalue weighted by Crippen LogP contribution is -2.45. The van der Waals surface area contributed by atoms with Gasteiger partial charge >= 0.3 is 0 Å². The molecule has 27 heavy (non-hydrogen) atoms. The number of carbonyl (C=O) groups excluding carboxylic acids is 1. The third-order valence-corrected chi connectivity index (χ3v) is 5.87. The Hall–Kier alpha value is -1.66. The first-order valence-electron chi connectivity index (χ1n) is 9.85. The first kappa shape index (κ1) is 20.1. The molecular formula is C21H29BrN4O. The number of benzene rings is 1. The standard InChI is InChI=1S/C21H29BrN4O/c1-4-5-12-25-13-10-18(11-14-25)23-21(27)20-15(2)24-26(16(20)3)19-8-6-17(22)7-9-19/h6-9,18H,4-5,10-14H2,1-3H3,(H,23,27). The number of aromatic nitrogens is 2. The maximum atomic E-state index is 12.9. The fourth-order valence-corrected chi connectivity index (χ4v) is 4.01. The molecule has 0 unspecified atom stereocenters. The minimum atomic E-state index is 0.000342. The van der Waals surface area contributed by atoms with Crippen molar-refractivity contribution in [2.24, 2.45) is 0 Å². The highest BCUT2D eigenvalue weighted by molar-refractivity contribution is 9.10. The Kier molecular flexibility index (Phi) is 6.71.